The zero-order chi connectivity index (χ0) is 25.1. The molecule has 3 atom stereocenters. The Morgan fingerprint density at radius 3 is 2.17 bits per heavy atom. The predicted molar refractivity (Wildman–Crippen MR) is 122 cm³/mol. The van der Waals surface area contributed by atoms with E-state index >= 15 is 0 Å². The number of nitrogens with zero attached hydrogens (tertiary/aromatic N) is 1. The van der Waals surface area contributed by atoms with Crippen molar-refractivity contribution in [2.45, 2.75) is 24.9 Å². The summed E-state index contributed by atoms with van der Waals surface area (Å²) in [7, 11) is 0. The minimum absolute atomic E-state index is 0.0755. The zero-order valence-corrected chi connectivity index (χ0v) is 19.3. The van der Waals surface area contributed by atoms with Gasteiger partial charge in [0.1, 0.15) is 25.0 Å². The van der Waals surface area contributed by atoms with Crippen LogP contribution < -0.4 is 11.2 Å². The van der Waals surface area contributed by atoms with Gasteiger partial charge in [0, 0.05) is 16.5 Å². The van der Waals surface area contributed by atoms with Crippen molar-refractivity contribution in [1.82, 2.24) is 9.55 Å². The molecule has 0 radical (unpaired) electrons. The van der Waals surface area contributed by atoms with Crippen molar-refractivity contribution >= 4 is 35.1 Å². The van der Waals surface area contributed by atoms with Gasteiger partial charge in [0.15, 0.2) is 0 Å². The molecule has 1 aliphatic rings. The summed E-state index contributed by atoms with van der Waals surface area (Å²) in [4.78, 5) is 50.4. The van der Waals surface area contributed by atoms with Crippen molar-refractivity contribution in [2.24, 2.45) is 0 Å². The maximum atomic E-state index is 13.8. The van der Waals surface area contributed by atoms with Crippen LogP contribution in [-0.2, 0) is 14.2 Å². The van der Waals surface area contributed by atoms with Gasteiger partial charge in [0.25, 0.3) is 5.56 Å². The molecule has 1 N–H and O–H groups in total. The van der Waals surface area contributed by atoms with E-state index in [0.717, 1.165) is 4.57 Å². The van der Waals surface area contributed by atoms with E-state index in [1.807, 2.05) is 4.98 Å². The number of aromatic amines is 1. The van der Waals surface area contributed by atoms with Gasteiger partial charge in [-0.1, -0.05) is 23.2 Å². The molecule has 0 saturated carbocycles. The lowest BCUT2D eigenvalue weighted by Gasteiger charge is -2.19. The van der Waals surface area contributed by atoms with Crippen LogP contribution in [0.2, 0.25) is 10.0 Å². The Morgan fingerprint density at radius 2 is 1.57 bits per heavy atom. The van der Waals surface area contributed by atoms with Gasteiger partial charge in [-0.2, -0.15) is 4.39 Å². The van der Waals surface area contributed by atoms with Crippen molar-refractivity contribution in [2.75, 3.05) is 6.61 Å². The van der Waals surface area contributed by atoms with Crippen LogP contribution in [0.25, 0.3) is 0 Å². The fraction of sp³-hybridized carbons (Fsp3) is 0.217. The molecule has 182 valence electrons. The number of ether oxygens (including phenoxy) is 3. The van der Waals surface area contributed by atoms with Gasteiger partial charge >= 0.3 is 17.6 Å². The standard InChI is InChI=1S/C23H17Cl2FN2O7/c24-14-5-1-12(2-6-14)21(30)33-11-18-17(35-22(31)13-3-7-15(25)8-4-13)9-19(34-18)28-10-16(26)20(29)27-23(28)32/h1-8,10,17-19H,9,11H2,(H,27,29,32)/t17-,18+,19-/m0/s1. The van der Waals surface area contributed by atoms with Crippen molar-refractivity contribution in [3.05, 3.63) is 103 Å². The third-order valence-corrected chi connectivity index (χ3v) is 5.72. The van der Waals surface area contributed by atoms with Crippen molar-refractivity contribution in [1.29, 1.82) is 0 Å². The van der Waals surface area contributed by atoms with Crippen LogP contribution in [0.5, 0.6) is 0 Å². The van der Waals surface area contributed by atoms with E-state index in [4.69, 9.17) is 37.4 Å². The maximum absolute atomic E-state index is 13.8. The van der Waals surface area contributed by atoms with Gasteiger partial charge in [-0.3, -0.25) is 14.3 Å². The molecule has 4 rings (SSSR count). The summed E-state index contributed by atoms with van der Waals surface area (Å²) >= 11 is 11.7. The van der Waals surface area contributed by atoms with Gasteiger partial charge < -0.3 is 14.2 Å². The first-order valence-electron chi connectivity index (χ1n) is 10.3. The molecule has 3 aromatic rings. The second-order valence-electron chi connectivity index (χ2n) is 7.56. The molecule has 1 aliphatic heterocycles. The molecule has 0 aliphatic carbocycles. The van der Waals surface area contributed by atoms with Crippen LogP contribution in [0.1, 0.15) is 33.4 Å². The van der Waals surface area contributed by atoms with Gasteiger partial charge in [-0.15, -0.1) is 0 Å². The number of nitrogens with one attached hydrogen (secondary N) is 1. The van der Waals surface area contributed by atoms with E-state index < -0.39 is 47.4 Å². The number of halogens is 3. The molecule has 35 heavy (non-hydrogen) atoms. The van der Waals surface area contributed by atoms with Crippen molar-refractivity contribution < 1.29 is 28.2 Å². The summed E-state index contributed by atoms with van der Waals surface area (Å²) in [6.45, 7) is -0.336. The summed E-state index contributed by atoms with van der Waals surface area (Å²) in [6, 6.07) is 12.0. The highest BCUT2D eigenvalue weighted by Crippen LogP contribution is 2.31. The molecular weight excluding hydrogens is 506 g/mol. The van der Waals surface area contributed by atoms with Crippen LogP contribution in [0.3, 0.4) is 0 Å². The second kappa shape index (κ2) is 10.4. The number of benzene rings is 2. The molecule has 0 amide bonds. The topological polar surface area (TPSA) is 117 Å². The van der Waals surface area contributed by atoms with Crippen molar-refractivity contribution in [3.8, 4) is 0 Å². The number of esters is 2. The Balaban J connectivity index is 1.53. The highest BCUT2D eigenvalue weighted by Gasteiger charge is 2.40. The molecule has 0 spiro atoms. The van der Waals surface area contributed by atoms with Crippen LogP contribution in [0, 0.1) is 5.82 Å². The highest BCUT2D eigenvalue weighted by molar-refractivity contribution is 6.31. The fourth-order valence-corrected chi connectivity index (χ4v) is 3.69. The van der Waals surface area contributed by atoms with E-state index in [0.29, 0.717) is 16.2 Å². The summed E-state index contributed by atoms with van der Waals surface area (Å²) in [5.74, 6) is -2.57. The maximum Gasteiger partial charge on any atom is 0.338 e. The highest BCUT2D eigenvalue weighted by atomic mass is 35.5. The van der Waals surface area contributed by atoms with Crippen LogP contribution in [0.4, 0.5) is 4.39 Å². The molecule has 12 heteroatoms. The smallest absolute Gasteiger partial charge is 0.338 e. The Morgan fingerprint density at radius 1 is 1.00 bits per heavy atom. The lowest BCUT2D eigenvalue weighted by molar-refractivity contribution is -0.0584. The van der Waals surface area contributed by atoms with E-state index in [2.05, 4.69) is 0 Å². The second-order valence-corrected chi connectivity index (χ2v) is 8.44. The lowest BCUT2D eigenvalue weighted by Crippen LogP contribution is -2.34. The minimum atomic E-state index is -1.19. The van der Waals surface area contributed by atoms with Gasteiger partial charge in [-0.25, -0.2) is 14.4 Å². The monoisotopic (exact) mass is 522 g/mol. The average molecular weight is 523 g/mol. The molecule has 2 aromatic carbocycles. The van der Waals surface area contributed by atoms with E-state index in [-0.39, 0.29) is 24.2 Å². The lowest BCUT2D eigenvalue weighted by atomic mass is 10.1. The van der Waals surface area contributed by atoms with Gasteiger partial charge in [0.2, 0.25) is 5.82 Å². The summed E-state index contributed by atoms with van der Waals surface area (Å²) in [5, 5.41) is 0.869. The Bertz CT molecular complexity index is 1360. The molecule has 1 saturated heterocycles. The molecular formula is C23H17Cl2FN2O7. The molecule has 0 bridgehead atoms. The first kappa shape index (κ1) is 24.6. The van der Waals surface area contributed by atoms with Crippen LogP contribution in [-0.4, -0.2) is 40.3 Å². The third kappa shape index (κ3) is 5.79. The van der Waals surface area contributed by atoms with Crippen molar-refractivity contribution in [3.63, 3.8) is 0 Å². The number of rotatable bonds is 6. The van der Waals surface area contributed by atoms with E-state index in [1.165, 1.54) is 48.5 Å². The predicted octanol–water partition coefficient (Wildman–Crippen LogP) is 3.35. The number of hydrogen-bond acceptors (Lipinski definition) is 7. The molecule has 1 fully saturated rings. The van der Waals surface area contributed by atoms with Crippen LogP contribution in [0.15, 0.2) is 64.3 Å². The molecule has 0 unspecified atom stereocenters. The first-order valence-corrected chi connectivity index (χ1v) is 11.0. The number of carbonyl (C=O) groups is 2. The number of aromatic nitrogens is 2. The van der Waals surface area contributed by atoms with Gasteiger partial charge in [-0.05, 0) is 48.5 Å². The van der Waals surface area contributed by atoms with Crippen LogP contribution >= 0.6 is 23.2 Å². The zero-order valence-electron chi connectivity index (χ0n) is 17.8. The van der Waals surface area contributed by atoms with Gasteiger partial charge in [0.05, 0.1) is 17.3 Å². The minimum Gasteiger partial charge on any atom is -0.459 e. The van der Waals surface area contributed by atoms with E-state index in [9.17, 15) is 23.6 Å². The number of carbonyl (C=O) groups excluding carboxylic acids is 2. The molecule has 2 heterocycles. The normalized spacial score (nSPS) is 19.3. The van der Waals surface area contributed by atoms with E-state index in [1.54, 1.807) is 0 Å². The number of H-pyrrole nitrogens is 1. The summed E-state index contributed by atoms with van der Waals surface area (Å²) < 4.78 is 31.3. The SMILES string of the molecule is O=C(OC[C@H]1O[C@H](n2cc(F)c(=O)[nH]c2=O)C[C@@H]1OC(=O)c1ccc(Cl)cc1)c1ccc(Cl)cc1. The largest absolute Gasteiger partial charge is 0.459 e. The molecule has 9 nitrogen and oxygen atoms in total. The third-order valence-electron chi connectivity index (χ3n) is 5.21. The fourth-order valence-electron chi connectivity index (χ4n) is 3.44. The summed E-state index contributed by atoms with van der Waals surface area (Å²) in [6.07, 6.45) is -2.44. The number of hydrogen-bond donors (Lipinski definition) is 1. The average Bonchev–Trinajstić information content (AvgIpc) is 3.22. The summed E-state index contributed by atoms with van der Waals surface area (Å²) in [5.41, 5.74) is -1.65. The quantitative estimate of drug-likeness (QED) is 0.493. The Labute approximate surface area is 207 Å². The Hall–Kier alpha value is -3.47. The Kier molecular flexibility index (Phi) is 7.34. The first-order chi connectivity index (χ1) is 16.7. The molecule has 1 aromatic heterocycles.